The Morgan fingerprint density at radius 3 is 2.71 bits per heavy atom. The molecule has 0 spiro atoms. The minimum Gasteiger partial charge on any atom is -0.392 e. The van der Waals surface area contributed by atoms with E-state index in [9.17, 15) is 0 Å². The van der Waals surface area contributed by atoms with Gasteiger partial charge in [0.15, 0.2) is 0 Å². The van der Waals surface area contributed by atoms with Crippen LogP contribution in [0.4, 0.5) is 0 Å². The Morgan fingerprint density at radius 1 is 1.57 bits per heavy atom. The molecule has 1 unspecified atom stereocenters. The van der Waals surface area contributed by atoms with Crippen LogP contribution in [0.3, 0.4) is 0 Å². The minimum absolute atomic E-state index is 0.389. The Hall–Kier alpha value is 0.390. The Morgan fingerprint density at radius 2 is 2.29 bits per heavy atom. The normalized spacial score (nSPS) is 11.1. The van der Waals surface area contributed by atoms with E-state index in [4.69, 9.17) is 5.11 Å². The van der Waals surface area contributed by atoms with E-state index in [0.29, 0.717) is 6.35 Å². The van der Waals surface area contributed by atoms with Gasteiger partial charge < -0.3 is 5.11 Å². The van der Waals surface area contributed by atoms with Gasteiger partial charge in [-0.25, -0.2) is 0 Å². The van der Waals surface area contributed by atoms with Gasteiger partial charge >= 0.3 is 0 Å². The van der Waals surface area contributed by atoms with Crippen molar-refractivity contribution >= 4 is 8.58 Å². The van der Waals surface area contributed by atoms with Crippen molar-refractivity contribution in [3.05, 3.63) is 0 Å². The summed E-state index contributed by atoms with van der Waals surface area (Å²) in [7, 11) is 0.777. The molecule has 0 aromatic carbocycles. The van der Waals surface area contributed by atoms with Crippen molar-refractivity contribution in [3.63, 3.8) is 0 Å². The lowest BCUT2D eigenvalue weighted by Crippen LogP contribution is -1.75. The molecular weight excluding hydrogens is 107 g/mol. The first-order chi connectivity index (χ1) is 3.41. The molecule has 0 aromatic rings. The zero-order valence-electron chi connectivity index (χ0n) is 4.78. The second-order valence-corrected chi connectivity index (χ2v) is 2.83. The van der Waals surface area contributed by atoms with Gasteiger partial charge in [-0.3, -0.25) is 0 Å². The summed E-state index contributed by atoms with van der Waals surface area (Å²) in [6, 6.07) is 0. The summed E-state index contributed by atoms with van der Waals surface area (Å²) < 4.78 is 0. The van der Waals surface area contributed by atoms with Gasteiger partial charge in [-0.15, -0.1) is 0 Å². The number of aliphatic hydroxyl groups is 1. The summed E-state index contributed by atoms with van der Waals surface area (Å²) in [4.78, 5) is 0. The standard InChI is InChI=1S/C5H13OP/c1-2-3-4-7-5-6/h6-7H,2-5H2,1H3. The summed E-state index contributed by atoms with van der Waals surface area (Å²) in [5, 5.41) is 8.31. The van der Waals surface area contributed by atoms with Crippen molar-refractivity contribution in [2.24, 2.45) is 0 Å². The fraction of sp³-hybridized carbons (Fsp3) is 1.00. The molecule has 0 fully saturated rings. The molecule has 1 nitrogen and oxygen atoms in total. The van der Waals surface area contributed by atoms with Crippen molar-refractivity contribution < 1.29 is 5.11 Å². The molecular formula is C5H13OP. The summed E-state index contributed by atoms with van der Waals surface area (Å²) in [5.41, 5.74) is 0. The zero-order valence-corrected chi connectivity index (χ0v) is 5.78. The van der Waals surface area contributed by atoms with E-state index in [-0.39, 0.29) is 0 Å². The maximum atomic E-state index is 8.31. The molecule has 1 N–H and O–H groups in total. The predicted molar refractivity (Wildman–Crippen MR) is 35.2 cm³/mol. The molecule has 1 atom stereocenters. The maximum Gasteiger partial charge on any atom is 0.0595 e. The number of aliphatic hydroxyl groups excluding tert-OH is 1. The fourth-order valence-corrected chi connectivity index (χ4v) is 1.14. The third-order valence-electron chi connectivity index (χ3n) is 0.819. The van der Waals surface area contributed by atoms with Crippen LogP contribution in [0.1, 0.15) is 19.8 Å². The highest BCUT2D eigenvalue weighted by molar-refractivity contribution is 7.37. The van der Waals surface area contributed by atoms with E-state index in [0.717, 1.165) is 8.58 Å². The second kappa shape index (κ2) is 6.39. The molecule has 2 heteroatoms. The predicted octanol–water partition coefficient (Wildman–Crippen LogP) is 1.41. The van der Waals surface area contributed by atoms with Gasteiger partial charge in [0.1, 0.15) is 0 Å². The van der Waals surface area contributed by atoms with Gasteiger partial charge in [0.05, 0.1) is 6.35 Å². The van der Waals surface area contributed by atoms with Gasteiger partial charge in [0.2, 0.25) is 0 Å². The first-order valence-corrected chi connectivity index (χ1v) is 4.14. The molecule has 0 radical (unpaired) electrons. The Bertz CT molecular complexity index is 27.3. The Labute approximate surface area is 46.9 Å². The Kier molecular flexibility index (Phi) is 6.75. The van der Waals surface area contributed by atoms with Crippen molar-refractivity contribution in [3.8, 4) is 0 Å². The quantitative estimate of drug-likeness (QED) is 0.439. The van der Waals surface area contributed by atoms with Crippen LogP contribution in [0.25, 0.3) is 0 Å². The first kappa shape index (κ1) is 7.39. The van der Waals surface area contributed by atoms with Crippen molar-refractivity contribution in [2.45, 2.75) is 19.8 Å². The highest BCUT2D eigenvalue weighted by Crippen LogP contribution is 2.08. The average Bonchev–Trinajstić information content (AvgIpc) is 1.69. The minimum atomic E-state index is 0.389. The summed E-state index contributed by atoms with van der Waals surface area (Å²) in [6.07, 6.45) is 4.14. The van der Waals surface area contributed by atoms with E-state index in [1.807, 2.05) is 0 Å². The van der Waals surface area contributed by atoms with E-state index in [1.165, 1.54) is 19.0 Å². The highest BCUT2D eigenvalue weighted by atomic mass is 31.1. The van der Waals surface area contributed by atoms with Gasteiger partial charge in [-0.05, 0) is 12.6 Å². The van der Waals surface area contributed by atoms with Crippen LogP contribution in [0, 0.1) is 0 Å². The molecule has 0 saturated carbocycles. The molecule has 0 amide bonds. The molecule has 0 aliphatic carbocycles. The number of hydrogen-bond donors (Lipinski definition) is 1. The van der Waals surface area contributed by atoms with Gasteiger partial charge in [0, 0.05) is 0 Å². The summed E-state index contributed by atoms with van der Waals surface area (Å²) >= 11 is 0. The topological polar surface area (TPSA) is 20.2 Å². The number of unbranched alkanes of at least 4 members (excludes halogenated alkanes) is 1. The molecule has 44 valence electrons. The SMILES string of the molecule is CCCCPCO. The van der Waals surface area contributed by atoms with Crippen molar-refractivity contribution in [1.29, 1.82) is 0 Å². The van der Waals surface area contributed by atoms with E-state index < -0.39 is 0 Å². The summed E-state index contributed by atoms with van der Waals surface area (Å²) in [6.45, 7) is 2.17. The lowest BCUT2D eigenvalue weighted by molar-refractivity contribution is 0.372. The molecule has 7 heavy (non-hydrogen) atoms. The fourth-order valence-electron chi connectivity index (χ4n) is 0.381. The highest BCUT2D eigenvalue weighted by Gasteiger charge is 1.80. The molecule has 0 aliphatic rings. The molecule has 0 bridgehead atoms. The molecule has 0 aromatic heterocycles. The van der Waals surface area contributed by atoms with Crippen LogP contribution >= 0.6 is 8.58 Å². The Balaban J connectivity index is 2.45. The largest absolute Gasteiger partial charge is 0.392 e. The lowest BCUT2D eigenvalue weighted by atomic mass is 10.4. The van der Waals surface area contributed by atoms with Gasteiger partial charge in [-0.1, -0.05) is 21.9 Å². The van der Waals surface area contributed by atoms with Crippen LogP contribution in [-0.2, 0) is 0 Å². The smallest absolute Gasteiger partial charge is 0.0595 e. The van der Waals surface area contributed by atoms with E-state index >= 15 is 0 Å². The van der Waals surface area contributed by atoms with Crippen LogP contribution in [-0.4, -0.2) is 17.6 Å². The van der Waals surface area contributed by atoms with Crippen LogP contribution in [0.5, 0.6) is 0 Å². The third kappa shape index (κ3) is 6.39. The van der Waals surface area contributed by atoms with Crippen molar-refractivity contribution in [1.82, 2.24) is 0 Å². The van der Waals surface area contributed by atoms with Crippen LogP contribution < -0.4 is 0 Å². The van der Waals surface area contributed by atoms with Crippen LogP contribution in [0.15, 0.2) is 0 Å². The number of hydrogen-bond acceptors (Lipinski definition) is 1. The maximum absolute atomic E-state index is 8.31. The van der Waals surface area contributed by atoms with Gasteiger partial charge in [-0.2, -0.15) is 0 Å². The molecule has 0 rings (SSSR count). The lowest BCUT2D eigenvalue weighted by Gasteiger charge is -1.91. The first-order valence-electron chi connectivity index (χ1n) is 2.73. The van der Waals surface area contributed by atoms with Crippen molar-refractivity contribution in [2.75, 3.05) is 12.5 Å². The molecule has 0 heterocycles. The van der Waals surface area contributed by atoms with Gasteiger partial charge in [0.25, 0.3) is 0 Å². The van der Waals surface area contributed by atoms with E-state index in [1.54, 1.807) is 0 Å². The zero-order chi connectivity index (χ0) is 5.54. The second-order valence-electron chi connectivity index (χ2n) is 1.51. The molecule has 0 aliphatic heterocycles. The summed E-state index contributed by atoms with van der Waals surface area (Å²) in [5.74, 6) is 0. The van der Waals surface area contributed by atoms with Crippen LogP contribution in [0.2, 0.25) is 0 Å². The monoisotopic (exact) mass is 120 g/mol. The number of rotatable bonds is 4. The average molecular weight is 120 g/mol. The molecule has 0 saturated heterocycles. The third-order valence-corrected chi connectivity index (χ3v) is 1.75. The van der Waals surface area contributed by atoms with E-state index in [2.05, 4.69) is 6.92 Å².